The second kappa shape index (κ2) is 6.96. The Labute approximate surface area is 152 Å². The van der Waals surface area contributed by atoms with E-state index in [1.165, 1.54) is 30.3 Å². The van der Waals surface area contributed by atoms with E-state index in [4.69, 9.17) is 27.6 Å². The Morgan fingerprint density at radius 2 is 1.76 bits per heavy atom. The van der Waals surface area contributed by atoms with Gasteiger partial charge in [0.05, 0.1) is 9.95 Å². The molecule has 2 aromatic carbocycles. The first-order valence-electron chi connectivity index (χ1n) is 7.05. The van der Waals surface area contributed by atoms with Crippen LogP contribution in [-0.2, 0) is 0 Å². The standard InChI is InChI=1S/C17H10Cl2N2O4/c18-10-1-6-14(19)13(9-10)15-7-8-16(25-15)17(22)20-11-2-4-12(5-3-11)21(23)24/h1-9H,(H,20,22). The Kier molecular flexibility index (Phi) is 4.74. The predicted molar refractivity (Wildman–Crippen MR) is 95.2 cm³/mol. The zero-order valence-electron chi connectivity index (χ0n) is 12.5. The molecule has 1 N–H and O–H groups in total. The second-order valence-corrected chi connectivity index (χ2v) is 5.89. The summed E-state index contributed by atoms with van der Waals surface area (Å²) < 4.78 is 5.54. The molecule has 0 radical (unpaired) electrons. The number of carbonyl (C=O) groups is 1. The van der Waals surface area contributed by atoms with Gasteiger partial charge in [-0.1, -0.05) is 23.2 Å². The molecule has 126 valence electrons. The molecule has 8 heteroatoms. The Morgan fingerprint density at radius 1 is 1.04 bits per heavy atom. The van der Waals surface area contributed by atoms with E-state index in [0.29, 0.717) is 27.1 Å². The molecule has 0 aliphatic heterocycles. The van der Waals surface area contributed by atoms with E-state index in [2.05, 4.69) is 5.32 Å². The molecule has 3 aromatic rings. The summed E-state index contributed by atoms with van der Waals surface area (Å²) in [6, 6.07) is 13.5. The van der Waals surface area contributed by atoms with Gasteiger partial charge in [0.2, 0.25) is 0 Å². The smallest absolute Gasteiger partial charge is 0.291 e. The largest absolute Gasteiger partial charge is 0.451 e. The maximum absolute atomic E-state index is 12.2. The van der Waals surface area contributed by atoms with Crippen molar-refractivity contribution in [3.63, 3.8) is 0 Å². The third kappa shape index (κ3) is 3.81. The van der Waals surface area contributed by atoms with E-state index in [9.17, 15) is 14.9 Å². The van der Waals surface area contributed by atoms with Crippen molar-refractivity contribution in [3.8, 4) is 11.3 Å². The maximum atomic E-state index is 12.2. The Balaban J connectivity index is 1.78. The van der Waals surface area contributed by atoms with Gasteiger partial charge in [-0.25, -0.2) is 0 Å². The highest BCUT2D eigenvalue weighted by molar-refractivity contribution is 6.35. The maximum Gasteiger partial charge on any atom is 0.291 e. The van der Waals surface area contributed by atoms with Crippen LogP contribution in [0.4, 0.5) is 11.4 Å². The molecule has 0 atom stereocenters. The van der Waals surface area contributed by atoms with E-state index in [1.54, 1.807) is 24.3 Å². The number of rotatable bonds is 4. The molecule has 0 fully saturated rings. The molecular formula is C17H10Cl2N2O4. The predicted octanol–water partition coefficient (Wildman–Crippen LogP) is 5.41. The van der Waals surface area contributed by atoms with Crippen molar-refractivity contribution >= 4 is 40.5 Å². The van der Waals surface area contributed by atoms with Crippen molar-refractivity contribution in [2.45, 2.75) is 0 Å². The van der Waals surface area contributed by atoms with Gasteiger partial charge in [-0.2, -0.15) is 0 Å². The van der Waals surface area contributed by atoms with Gasteiger partial charge < -0.3 is 9.73 Å². The van der Waals surface area contributed by atoms with Crippen LogP contribution in [0.3, 0.4) is 0 Å². The lowest BCUT2D eigenvalue weighted by molar-refractivity contribution is -0.384. The number of amides is 1. The normalized spacial score (nSPS) is 10.5. The highest BCUT2D eigenvalue weighted by Gasteiger charge is 2.15. The third-order valence-corrected chi connectivity index (χ3v) is 3.92. The number of nitro benzene ring substituents is 1. The van der Waals surface area contributed by atoms with Crippen molar-refractivity contribution in [2.24, 2.45) is 0 Å². The number of nitrogens with zero attached hydrogens (tertiary/aromatic N) is 1. The Morgan fingerprint density at radius 3 is 2.44 bits per heavy atom. The summed E-state index contributed by atoms with van der Waals surface area (Å²) in [5, 5.41) is 14.2. The first-order chi connectivity index (χ1) is 11.9. The summed E-state index contributed by atoms with van der Waals surface area (Å²) in [5.41, 5.74) is 0.923. The minimum Gasteiger partial charge on any atom is -0.451 e. The number of non-ortho nitro benzene ring substituents is 1. The minimum atomic E-state index is -0.515. The van der Waals surface area contributed by atoms with Gasteiger partial charge in [-0.15, -0.1) is 0 Å². The Bertz CT molecular complexity index is 952. The average Bonchev–Trinajstić information content (AvgIpc) is 3.07. The lowest BCUT2D eigenvalue weighted by Gasteiger charge is -2.03. The zero-order valence-corrected chi connectivity index (χ0v) is 14.0. The third-order valence-electron chi connectivity index (χ3n) is 3.36. The van der Waals surface area contributed by atoms with Gasteiger partial charge in [0, 0.05) is 28.4 Å². The number of benzene rings is 2. The van der Waals surface area contributed by atoms with Gasteiger partial charge in [-0.05, 0) is 42.5 Å². The SMILES string of the molecule is O=C(Nc1ccc([N+](=O)[O-])cc1)c1ccc(-c2cc(Cl)ccc2Cl)o1. The van der Waals surface area contributed by atoms with Crippen molar-refractivity contribution in [2.75, 3.05) is 5.32 Å². The van der Waals surface area contributed by atoms with E-state index in [-0.39, 0.29) is 11.4 Å². The molecular weight excluding hydrogens is 367 g/mol. The summed E-state index contributed by atoms with van der Waals surface area (Å²) in [6.07, 6.45) is 0. The van der Waals surface area contributed by atoms with E-state index >= 15 is 0 Å². The average molecular weight is 377 g/mol. The second-order valence-electron chi connectivity index (χ2n) is 5.05. The van der Waals surface area contributed by atoms with Crippen LogP contribution in [0.25, 0.3) is 11.3 Å². The van der Waals surface area contributed by atoms with E-state index < -0.39 is 10.8 Å². The van der Waals surface area contributed by atoms with Crippen molar-refractivity contribution in [3.05, 3.63) is 80.5 Å². The molecule has 0 spiro atoms. The molecule has 1 heterocycles. The lowest BCUT2D eigenvalue weighted by Crippen LogP contribution is -2.10. The molecule has 3 rings (SSSR count). The van der Waals surface area contributed by atoms with Crippen molar-refractivity contribution in [1.29, 1.82) is 0 Å². The number of anilines is 1. The summed E-state index contributed by atoms with van der Waals surface area (Å²) in [7, 11) is 0. The summed E-state index contributed by atoms with van der Waals surface area (Å²) >= 11 is 12.1. The quantitative estimate of drug-likeness (QED) is 0.486. The molecule has 1 amide bonds. The van der Waals surface area contributed by atoms with Crippen molar-refractivity contribution < 1.29 is 14.1 Å². The number of furan rings is 1. The Hall–Kier alpha value is -2.83. The number of hydrogen-bond acceptors (Lipinski definition) is 4. The number of halogens is 2. The summed E-state index contributed by atoms with van der Waals surface area (Å²) in [6.45, 7) is 0. The van der Waals surface area contributed by atoms with Gasteiger partial charge in [0.1, 0.15) is 5.76 Å². The first-order valence-corrected chi connectivity index (χ1v) is 7.81. The van der Waals surface area contributed by atoms with E-state index in [1.807, 2.05) is 0 Å². The first kappa shape index (κ1) is 17.0. The fourth-order valence-electron chi connectivity index (χ4n) is 2.15. The van der Waals surface area contributed by atoms with Gasteiger partial charge >= 0.3 is 0 Å². The topological polar surface area (TPSA) is 85.4 Å². The fraction of sp³-hybridized carbons (Fsp3) is 0. The minimum absolute atomic E-state index is 0.0612. The van der Waals surface area contributed by atoms with Crippen LogP contribution in [-0.4, -0.2) is 10.8 Å². The molecule has 0 aliphatic carbocycles. The monoisotopic (exact) mass is 376 g/mol. The van der Waals surface area contributed by atoms with Gasteiger partial charge in [-0.3, -0.25) is 14.9 Å². The molecule has 0 bridgehead atoms. The molecule has 0 saturated carbocycles. The van der Waals surface area contributed by atoms with Crippen molar-refractivity contribution in [1.82, 2.24) is 0 Å². The number of nitro groups is 1. The summed E-state index contributed by atoms with van der Waals surface area (Å²) in [4.78, 5) is 22.3. The molecule has 25 heavy (non-hydrogen) atoms. The fourth-order valence-corrected chi connectivity index (χ4v) is 2.53. The molecule has 0 unspecified atom stereocenters. The van der Waals surface area contributed by atoms with Crippen LogP contribution < -0.4 is 5.32 Å². The number of hydrogen-bond donors (Lipinski definition) is 1. The zero-order chi connectivity index (χ0) is 18.0. The van der Waals surface area contributed by atoms with Crippen LogP contribution in [0.5, 0.6) is 0 Å². The van der Waals surface area contributed by atoms with E-state index in [0.717, 1.165) is 0 Å². The van der Waals surface area contributed by atoms with Crippen LogP contribution in [0, 0.1) is 10.1 Å². The molecule has 0 aliphatic rings. The van der Waals surface area contributed by atoms with Crippen LogP contribution in [0.15, 0.2) is 59.0 Å². The number of nitrogens with one attached hydrogen (secondary N) is 1. The van der Waals surface area contributed by atoms with Gasteiger partial charge in [0.25, 0.3) is 11.6 Å². The highest BCUT2D eigenvalue weighted by atomic mass is 35.5. The number of carbonyl (C=O) groups excluding carboxylic acids is 1. The molecule has 1 aromatic heterocycles. The molecule has 6 nitrogen and oxygen atoms in total. The summed E-state index contributed by atoms with van der Waals surface area (Å²) in [5.74, 6) is -0.0102. The van der Waals surface area contributed by atoms with Crippen LogP contribution in [0.1, 0.15) is 10.6 Å². The lowest BCUT2D eigenvalue weighted by atomic mass is 10.2. The van der Waals surface area contributed by atoms with Crippen LogP contribution in [0.2, 0.25) is 10.0 Å². The van der Waals surface area contributed by atoms with Gasteiger partial charge in [0.15, 0.2) is 5.76 Å². The van der Waals surface area contributed by atoms with Crippen LogP contribution >= 0.6 is 23.2 Å². The molecule has 0 saturated heterocycles. The highest BCUT2D eigenvalue weighted by Crippen LogP contribution is 2.32.